The Labute approximate surface area is 168 Å². The second-order valence-electron chi connectivity index (χ2n) is 6.17. The number of carbonyl (C=O) groups is 1. The standard InChI is InChI=1S/C21H15FN2O2S2/c1-13-11-17-19(28-13)23-21(24(20(17)26)16-5-3-2-4-6-16)27-12-18(25)14-7-9-15(22)10-8-14/h2-11H,12H2,1H3. The third kappa shape index (κ3) is 3.63. The molecule has 0 aliphatic carbocycles. The number of thioether (sulfide) groups is 1. The molecule has 0 saturated carbocycles. The number of fused-ring (bicyclic) bond motifs is 1. The second kappa shape index (κ2) is 7.69. The molecular weight excluding hydrogens is 395 g/mol. The van der Waals surface area contributed by atoms with Crippen LogP contribution in [0.25, 0.3) is 15.9 Å². The van der Waals surface area contributed by atoms with Crippen LogP contribution in [0.5, 0.6) is 0 Å². The van der Waals surface area contributed by atoms with E-state index >= 15 is 0 Å². The van der Waals surface area contributed by atoms with Crippen LogP contribution >= 0.6 is 23.1 Å². The van der Waals surface area contributed by atoms with E-state index in [0.29, 0.717) is 26.6 Å². The van der Waals surface area contributed by atoms with Crippen LogP contribution in [-0.4, -0.2) is 21.1 Å². The van der Waals surface area contributed by atoms with Gasteiger partial charge in [-0.1, -0.05) is 30.0 Å². The average molecular weight is 410 g/mol. The van der Waals surface area contributed by atoms with Gasteiger partial charge in [0, 0.05) is 10.4 Å². The molecule has 0 bridgehead atoms. The van der Waals surface area contributed by atoms with Crippen LogP contribution in [0, 0.1) is 12.7 Å². The fourth-order valence-corrected chi connectivity index (χ4v) is 4.66. The van der Waals surface area contributed by atoms with Crippen LogP contribution < -0.4 is 5.56 Å². The Morgan fingerprint density at radius 2 is 1.86 bits per heavy atom. The number of hydrogen-bond donors (Lipinski definition) is 0. The normalized spacial score (nSPS) is 11.1. The Kier molecular flexibility index (Phi) is 5.11. The molecule has 0 fully saturated rings. The molecule has 0 spiro atoms. The number of aryl methyl sites for hydroxylation is 1. The van der Waals surface area contributed by atoms with Gasteiger partial charge in [0.15, 0.2) is 10.9 Å². The molecule has 140 valence electrons. The van der Waals surface area contributed by atoms with E-state index in [1.165, 1.54) is 51.9 Å². The van der Waals surface area contributed by atoms with Crippen LogP contribution in [0.15, 0.2) is 70.6 Å². The Hall–Kier alpha value is -2.77. The predicted octanol–water partition coefficient (Wildman–Crippen LogP) is 4.87. The van der Waals surface area contributed by atoms with Crippen molar-refractivity contribution in [2.24, 2.45) is 0 Å². The van der Waals surface area contributed by atoms with E-state index in [2.05, 4.69) is 4.98 Å². The number of para-hydroxylation sites is 1. The van der Waals surface area contributed by atoms with Gasteiger partial charge in [0.2, 0.25) is 0 Å². The minimum absolute atomic E-state index is 0.0980. The van der Waals surface area contributed by atoms with Gasteiger partial charge in [-0.3, -0.25) is 14.2 Å². The van der Waals surface area contributed by atoms with Gasteiger partial charge in [-0.15, -0.1) is 11.3 Å². The molecule has 0 saturated heterocycles. The van der Waals surface area contributed by atoms with Crippen LogP contribution in [-0.2, 0) is 0 Å². The highest BCUT2D eigenvalue weighted by Gasteiger charge is 2.17. The first-order valence-corrected chi connectivity index (χ1v) is 10.3. The highest BCUT2D eigenvalue weighted by atomic mass is 32.2. The van der Waals surface area contributed by atoms with Crippen molar-refractivity contribution in [2.75, 3.05) is 5.75 Å². The minimum Gasteiger partial charge on any atom is -0.293 e. The van der Waals surface area contributed by atoms with E-state index in [-0.39, 0.29) is 22.9 Å². The fraction of sp³-hybridized carbons (Fsp3) is 0.0952. The van der Waals surface area contributed by atoms with Crippen LogP contribution in [0.3, 0.4) is 0 Å². The maximum atomic E-state index is 13.1. The Morgan fingerprint density at radius 3 is 2.57 bits per heavy atom. The molecule has 0 atom stereocenters. The smallest absolute Gasteiger partial charge is 0.267 e. The molecule has 2 aromatic heterocycles. The number of ketones is 1. The highest BCUT2D eigenvalue weighted by molar-refractivity contribution is 7.99. The molecule has 2 heterocycles. The lowest BCUT2D eigenvalue weighted by molar-refractivity contribution is 0.102. The van der Waals surface area contributed by atoms with E-state index in [9.17, 15) is 14.0 Å². The van der Waals surface area contributed by atoms with Gasteiger partial charge < -0.3 is 0 Å². The molecule has 0 N–H and O–H groups in total. The molecule has 2 aromatic carbocycles. The fourth-order valence-electron chi connectivity index (χ4n) is 2.83. The number of halogens is 1. The van der Waals surface area contributed by atoms with Gasteiger partial charge in [0.1, 0.15) is 10.6 Å². The number of nitrogens with zero attached hydrogens (tertiary/aromatic N) is 2. The van der Waals surface area contributed by atoms with E-state index in [1.54, 1.807) is 0 Å². The number of rotatable bonds is 5. The molecule has 28 heavy (non-hydrogen) atoms. The highest BCUT2D eigenvalue weighted by Crippen LogP contribution is 2.26. The van der Waals surface area contributed by atoms with Crippen molar-refractivity contribution in [3.8, 4) is 5.69 Å². The summed E-state index contributed by atoms with van der Waals surface area (Å²) in [4.78, 5) is 31.9. The summed E-state index contributed by atoms with van der Waals surface area (Å²) in [5.41, 5.74) is 0.968. The SMILES string of the molecule is Cc1cc2c(=O)n(-c3ccccc3)c(SCC(=O)c3ccc(F)cc3)nc2s1. The van der Waals surface area contributed by atoms with Crippen LogP contribution in [0.2, 0.25) is 0 Å². The molecule has 0 aliphatic rings. The van der Waals surface area contributed by atoms with Gasteiger partial charge in [0.25, 0.3) is 5.56 Å². The largest absolute Gasteiger partial charge is 0.293 e. The van der Waals surface area contributed by atoms with Crippen molar-refractivity contribution in [1.82, 2.24) is 9.55 Å². The second-order valence-corrected chi connectivity index (χ2v) is 8.34. The summed E-state index contributed by atoms with van der Waals surface area (Å²) in [6.07, 6.45) is 0. The first-order valence-electron chi connectivity index (χ1n) is 8.53. The predicted molar refractivity (Wildman–Crippen MR) is 111 cm³/mol. The van der Waals surface area contributed by atoms with Crippen molar-refractivity contribution in [3.63, 3.8) is 0 Å². The molecule has 0 aliphatic heterocycles. The molecule has 0 amide bonds. The summed E-state index contributed by atoms with van der Waals surface area (Å²) >= 11 is 2.65. The zero-order valence-corrected chi connectivity index (χ0v) is 16.5. The zero-order chi connectivity index (χ0) is 19.7. The molecule has 0 radical (unpaired) electrons. The molecule has 0 unspecified atom stereocenters. The van der Waals surface area contributed by atoms with Gasteiger partial charge >= 0.3 is 0 Å². The lowest BCUT2D eigenvalue weighted by Gasteiger charge is -2.11. The summed E-state index contributed by atoms with van der Waals surface area (Å²) < 4.78 is 14.6. The summed E-state index contributed by atoms with van der Waals surface area (Å²) in [6.45, 7) is 1.93. The summed E-state index contributed by atoms with van der Waals surface area (Å²) in [6, 6.07) is 16.5. The number of benzene rings is 2. The summed E-state index contributed by atoms with van der Waals surface area (Å²) in [7, 11) is 0. The monoisotopic (exact) mass is 410 g/mol. The Morgan fingerprint density at radius 1 is 1.14 bits per heavy atom. The summed E-state index contributed by atoms with van der Waals surface area (Å²) in [5, 5.41) is 1.03. The first-order chi connectivity index (χ1) is 13.5. The quantitative estimate of drug-likeness (QED) is 0.268. The van der Waals surface area contributed by atoms with Gasteiger partial charge in [-0.05, 0) is 49.4 Å². The molecule has 4 rings (SSSR count). The van der Waals surface area contributed by atoms with Gasteiger partial charge in [-0.2, -0.15) is 0 Å². The van der Waals surface area contributed by atoms with Crippen molar-refractivity contribution >= 4 is 39.1 Å². The molecule has 7 heteroatoms. The zero-order valence-electron chi connectivity index (χ0n) is 14.9. The molecule has 4 aromatic rings. The lowest BCUT2D eigenvalue weighted by Crippen LogP contribution is -2.21. The van der Waals surface area contributed by atoms with E-state index in [1.807, 2.05) is 43.3 Å². The Balaban J connectivity index is 1.74. The number of thiophene rings is 1. The maximum absolute atomic E-state index is 13.1. The van der Waals surface area contributed by atoms with Crippen molar-refractivity contribution in [1.29, 1.82) is 0 Å². The maximum Gasteiger partial charge on any atom is 0.267 e. The third-order valence-corrected chi connectivity index (χ3v) is 6.05. The van der Waals surface area contributed by atoms with E-state index < -0.39 is 0 Å². The lowest BCUT2D eigenvalue weighted by atomic mass is 10.1. The van der Waals surface area contributed by atoms with Crippen LogP contribution in [0.1, 0.15) is 15.2 Å². The third-order valence-electron chi connectivity index (χ3n) is 4.17. The Bertz CT molecular complexity index is 1220. The first kappa shape index (κ1) is 18.6. The van der Waals surface area contributed by atoms with Crippen LogP contribution in [0.4, 0.5) is 4.39 Å². The number of aromatic nitrogens is 2. The minimum atomic E-state index is -0.387. The van der Waals surface area contributed by atoms with E-state index in [4.69, 9.17) is 0 Å². The van der Waals surface area contributed by atoms with Gasteiger partial charge in [-0.25, -0.2) is 9.37 Å². The van der Waals surface area contributed by atoms with Gasteiger partial charge in [0.05, 0.1) is 16.8 Å². The number of carbonyl (C=O) groups excluding carboxylic acids is 1. The molecule has 4 nitrogen and oxygen atoms in total. The van der Waals surface area contributed by atoms with E-state index in [0.717, 1.165) is 4.88 Å². The van der Waals surface area contributed by atoms with Crippen molar-refractivity contribution < 1.29 is 9.18 Å². The summed E-state index contributed by atoms with van der Waals surface area (Å²) in [5.74, 6) is -0.440. The molecular formula is C21H15FN2O2S2. The van der Waals surface area contributed by atoms with Crippen molar-refractivity contribution in [2.45, 2.75) is 12.1 Å². The number of Topliss-reactive ketones (excluding diaryl/α,β-unsaturated/α-hetero) is 1. The number of hydrogen-bond acceptors (Lipinski definition) is 5. The topological polar surface area (TPSA) is 52.0 Å². The van der Waals surface area contributed by atoms with Crippen molar-refractivity contribution in [3.05, 3.63) is 87.3 Å². The average Bonchev–Trinajstić information content (AvgIpc) is 3.08.